The Morgan fingerprint density at radius 2 is 1.88 bits per heavy atom. The molecule has 1 aliphatic rings. The third kappa shape index (κ3) is 2.13. The molecule has 0 bridgehead atoms. The van der Waals surface area contributed by atoms with Crippen molar-refractivity contribution in [3.63, 3.8) is 0 Å². The molecular weight excluding hydrogens is 347 g/mol. The molecule has 0 unspecified atom stereocenters. The maximum atomic E-state index is 13.3. The number of fused-ring (bicyclic) bond motifs is 5. The van der Waals surface area contributed by atoms with Crippen LogP contribution in [-0.2, 0) is 23.9 Å². The second kappa shape index (κ2) is 5.28. The smallest absolute Gasteiger partial charge is 0.376 e. The summed E-state index contributed by atoms with van der Waals surface area (Å²) in [6.45, 7) is 0.724. The van der Waals surface area contributed by atoms with E-state index in [1.165, 1.54) is 6.20 Å². The van der Waals surface area contributed by atoms with Crippen molar-refractivity contribution in [1.82, 2.24) is 25.4 Å². The average molecular weight is 359 g/mol. The van der Waals surface area contributed by atoms with Crippen molar-refractivity contribution in [2.75, 3.05) is 6.61 Å². The Bertz CT molecular complexity index is 1140. The van der Waals surface area contributed by atoms with E-state index in [1.807, 2.05) is 6.07 Å². The second-order valence-electron chi connectivity index (χ2n) is 6.17. The van der Waals surface area contributed by atoms with E-state index in [0.29, 0.717) is 24.1 Å². The SMILES string of the molecule is FC(F)(F)c1[nH]ncc1-c1nc2ccc3[nH]ncc3c2c2c1COCC2. The zero-order chi connectivity index (χ0) is 17.9. The average Bonchev–Trinajstić information content (AvgIpc) is 3.29. The lowest BCUT2D eigenvalue weighted by Gasteiger charge is -2.22. The molecule has 1 aliphatic heterocycles. The van der Waals surface area contributed by atoms with Crippen molar-refractivity contribution in [2.45, 2.75) is 19.2 Å². The van der Waals surface area contributed by atoms with E-state index >= 15 is 0 Å². The molecule has 4 aromatic rings. The molecule has 0 atom stereocenters. The maximum Gasteiger partial charge on any atom is 0.433 e. The molecule has 26 heavy (non-hydrogen) atoms. The van der Waals surface area contributed by atoms with Crippen molar-refractivity contribution in [3.8, 4) is 11.3 Å². The number of aromatic amines is 2. The first-order chi connectivity index (χ1) is 12.5. The fourth-order valence-corrected chi connectivity index (χ4v) is 3.58. The van der Waals surface area contributed by atoms with Crippen LogP contribution in [0.15, 0.2) is 24.5 Å². The zero-order valence-corrected chi connectivity index (χ0v) is 13.3. The molecule has 0 aliphatic carbocycles. The van der Waals surface area contributed by atoms with E-state index in [0.717, 1.165) is 21.9 Å². The van der Waals surface area contributed by atoms with Crippen molar-refractivity contribution in [2.24, 2.45) is 0 Å². The van der Waals surface area contributed by atoms with Crippen molar-refractivity contribution in [1.29, 1.82) is 0 Å². The first-order valence-electron chi connectivity index (χ1n) is 8.00. The van der Waals surface area contributed by atoms with Gasteiger partial charge in [0.05, 0.1) is 47.9 Å². The van der Waals surface area contributed by atoms with Gasteiger partial charge in [0, 0.05) is 16.3 Å². The summed E-state index contributed by atoms with van der Waals surface area (Å²) in [5, 5.41) is 14.5. The standard InChI is InChI=1S/C17H12F3N5O/c18-17(19,20)16-10(6-22-25-16)15-11-7-26-4-3-8(11)14-9-5-21-24-12(9)1-2-13(14)23-15/h1-2,5-6H,3-4,7H2,(H,21,24)(H,22,25). The number of hydrogen-bond acceptors (Lipinski definition) is 4. The first kappa shape index (κ1) is 15.3. The largest absolute Gasteiger partial charge is 0.433 e. The molecule has 132 valence electrons. The summed E-state index contributed by atoms with van der Waals surface area (Å²) >= 11 is 0. The monoisotopic (exact) mass is 359 g/mol. The van der Waals surface area contributed by atoms with Crippen LogP contribution in [0.2, 0.25) is 0 Å². The van der Waals surface area contributed by atoms with Gasteiger partial charge in [-0.2, -0.15) is 23.4 Å². The molecular formula is C17H12F3N5O. The van der Waals surface area contributed by atoms with Gasteiger partial charge in [0.2, 0.25) is 0 Å². The van der Waals surface area contributed by atoms with Gasteiger partial charge in [0.1, 0.15) is 5.69 Å². The minimum Gasteiger partial charge on any atom is -0.376 e. The van der Waals surface area contributed by atoms with Crippen LogP contribution in [-0.4, -0.2) is 32.0 Å². The number of H-pyrrole nitrogens is 2. The molecule has 4 heterocycles. The molecule has 1 aromatic carbocycles. The number of rotatable bonds is 1. The highest BCUT2D eigenvalue weighted by Gasteiger charge is 2.37. The van der Waals surface area contributed by atoms with Crippen LogP contribution in [0.3, 0.4) is 0 Å². The van der Waals surface area contributed by atoms with Crippen LogP contribution < -0.4 is 0 Å². The lowest BCUT2D eigenvalue weighted by Crippen LogP contribution is -2.14. The van der Waals surface area contributed by atoms with Gasteiger partial charge in [0.25, 0.3) is 0 Å². The third-order valence-electron chi connectivity index (χ3n) is 4.71. The fourth-order valence-electron chi connectivity index (χ4n) is 3.58. The van der Waals surface area contributed by atoms with Gasteiger partial charge < -0.3 is 4.74 Å². The summed E-state index contributed by atoms with van der Waals surface area (Å²) in [6, 6.07) is 3.62. The molecule has 6 nitrogen and oxygen atoms in total. The minimum atomic E-state index is -4.54. The van der Waals surface area contributed by atoms with Crippen LogP contribution in [0.25, 0.3) is 33.1 Å². The summed E-state index contributed by atoms with van der Waals surface area (Å²) in [6.07, 6.45) is -1.06. The molecule has 0 spiro atoms. The number of nitrogens with one attached hydrogen (secondary N) is 2. The Labute approximate surface area is 144 Å². The molecule has 2 N–H and O–H groups in total. The lowest BCUT2D eigenvalue weighted by atomic mass is 9.92. The van der Waals surface area contributed by atoms with Crippen LogP contribution >= 0.6 is 0 Å². The highest BCUT2D eigenvalue weighted by molar-refractivity contribution is 6.07. The van der Waals surface area contributed by atoms with Gasteiger partial charge in [0.15, 0.2) is 0 Å². The quantitative estimate of drug-likeness (QED) is 0.544. The number of pyridine rings is 1. The van der Waals surface area contributed by atoms with E-state index < -0.39 is 11.9 Å². The predicted octanol–water partition coefficient (Wildman–Crippen LogP) is 3.59. The Morgan fingerprint density at radius 3 is 2.73 bits per heavy atom. The van der Waals surface area contributed by atoms with Gasteiger partial charge in [-0.1, -0.05) is 0 Å². The molecule has 9 heteroatoms. The highest BCUT2D eigenvalue weighted by atomic mass is 19.4. The number of benzene rings is 1. The van der Waals surface area contributed by atoms with E-state index in [1.54, 1.807) is 12.3 Å². The molecule has 0 saturated heterocycles. The number of aromatic nitrogens is 5. The lowest BCUT2D eigenvalue weighted by molar-refractivity contribution is -0.140. The van der Waals surface area contributed by atoms with Gasteiger partial charge in [-0.3, -0.25) is 10.2 Å². The highest BCUT2D eigenvalue weighted by Crippen LogP contribution is 2.40. The van der Waals surface area contributed by atoms with Gasteiger partial charge in [-0.15, -0.1) is 0 Å². The van der Waals surface area contributed by atoms with Crippen LogP contribution in [0.1, 0.15) is 16.8 Å². The molecule has 0 amide bonds. The topological polar surface area (TPSA) is 79.5 Å². The van der Waals surface area contributed by atoms with E-state index in [9.17, 15) is 13.2 Å². The third-order valence-corrected chi connectivity index (χ3v) is 4.71. The summed E-state index contributed by atoms with van der Waals surface area (Å²) in [7, 11) is 0. The molecule has 5 rings (SSSR count). The Morgan fingerprint density at radius 1 is 1.04 bits per heavy atom. The summed E-state index contributed by atoms with van der Waals surface area (Å²) in [5.41, 5.74) is 2.41. The van der Waals surface area contributed by atoms with Gasteiger partial charge in [-0.25, -0.2) is 4.98 Å². The minimum absolute atomic E-state index is 0.0616. The zero-order valence-electron chi connectivity index (χ0n) is 13.3. The van der Waals surface area contributed by atoms with Gasteiger partial charge in [-0.05, 0) is 24.1 Å². The fraction of sp³-hybridized carbons (Fsp3) is 0.235. The number of ether oxygens (including phenoxy) is 1. The van der Waals surface area contributed by atoms with Crippen molar-refractivity contribution >= 4 is 21.8 Å². The second-order valence-corrected chi connectivity index (χ2v) is 6.17. The van der Waals surface area contributed by atoms with E-state index in [2.05, 4.69) is 25.4 Å². The molecule has 0 saturated carbocycles. The van der Waals surface area contributed by atoms with E-state index in [-0.39, 0.29) is 17.9 Å². The molecule has 0 fully saturated rings. The van der Waals surface area contributed by atoms with Crippen LogP contribution in [0.5, 0.6) is 0 Å². The normalized spacial score (nSPS) is 14.9. The molecule has 0 radical (unpaired) electrons. The molecule has 3 aromatic heterocycles. The Hall–Kier alpha value is -2.94. The summed E-state index contributed by atoms with van der Waals surface area (Å²) < 4.78 is 45.5. The summed E-state index contributed by atoms with van der Waals surface area (Å²) in [5.74, 6) is 0. The first-order valence-corrected chi connectivity index (χ1v) is 8.00. The number of halogens is 3. The van der Waals surface area contributed by atoms with Crippen LogP contribution in [0, 0.1) is 0 Å². The van der Waals surface area contributed by atoms with Crippen LogP contribution in [0.4, 0.5) is 13.2 Å². The number of nitrogens with zero attached hydrogens (tertiary/aromatic N) is 3. The Kier molecular flexibility index (Phi) is 3.11. The number of alkyl halides is 3. The predicted molar refractivity (Wildman–Crippen MR) is 87.3 cm³/mol. The maximum absolute atomic E-state index is 13.3. The number of hydrogen-bond donors (Lipinski definition) is 2. The Balaban J connectivity index is 1.88. The van der Waals surface area contributed by atoms with Crippen molar-refractivity contribution in [3.05, 3.63) is 41.3 Å². The van der Waals surface area contributed by atoms with Gasteiger partial charge >= 0.3 is 6.18 Å². The summed E-state index contributed by atoms with van der Waals surface area (Å²) in [4.78, 5) is 4.55. The van der Waals surface area contributed by atoms with Crippen molar-refractivity contribution < 1.29 is 17.9 Å². The van der Waals surface area contributed by atoms with E-state index in [4.69, 9.17) is 4.74 Å².